The van der Waals surface area contributed by atoms with Gasteiger partial charge in [-0.25, -0.2) is 4.79 Å². The molecule has 0 aliphatic carbocycles. The van der Waals surface area contributed by atoms with Crippen LogP contribution < -0.4 is 10.6 Å². The van der Waals surface area contributed by atoms with Crippen molar-refractivity contribution in [1.82, 2.24) is 15.5 Å². The topological polar surface area (TPSA) is 79.9 Å². The van der Waals surface area contributed by atoms with Crippen LogP contribution in [-0.2, 0) is 14.3 Å². The first-order valence-corrected chi connectivity index (χ1v) is 7.97. The van der Waals surface area contributed by atoms with Crippen LogP contribution in [0, 0.1) is 0 Å². The van der Waals surface area contributed by atoms with Gasteiger partial charge in [0.05, 0.1) is 0 Å². The van der Waals surface area contributed by atoms with Gasteiger partial charge in [0.2, 0.25) is 5.91 Å². The molecule has 7 nitrogen and oxygen atoms in total. The number of hydrogen-bond donors (Lipinski definition) is 2. The summed E-state index contributed by atoms with van der Waals surface area (Å²) in [5.74, 6) is 0.0141. The van der Waals surface area contributed by atoms with Gasteiger partial charge in [0.1, 0.15) is 6.61 Å². The first-order valence-electron chi connectivity index (χ1n) is 7.97. The van der Waals surface area contributed by atoms with Crippen LogP contribution in [0.3, 0.4) is 0 Å². The molecule has 0 aromatic heterocycles. The molecule has 0 aromatic carbocycles. The smallest absolute Gasteiger partial charge is 0.315 e. The molecule has 1 heterocycles. The van der Waals surface area contributed by atoms with Gasteiger partial charge in [0.25, 0.3) is 0 Å². The van der Waals surface area contributed by atoms with Crippen LogP contribution >= 0.6 is 0 Å². The number of urea groups is 1. The number of likely N-dealkylation sites (tertiary alicyclic amines) is 1. The minimum Gasteiger partial charge on any atom is -0.385 e. The maximum Gasteiger partial charge on any atom is 0.315 e. The number of ether oxygens (including phenoxy) is 2. The lowest BCUT2D eigenvalue weighted by molar-refractivity contribution is -0.137. The molecule has 0 spiro atoms. The van der Waals surface area contributed by atoms with E-state index >= 15 is 0 Å². The Hall–Kier alpha value is -1.34. The predicted molar refractivity (Wildman–Crippen MR) is 83.7 cm³/mol. The lowest BCUT2D eigenvalue weighted by atomic mass is 9.84. The van der Waals surface area contributed by atoms with E-state index in [9.17, 15) is 9.59 Å². The molecule has 0 unspecified atom stereocenters. The van der Waals surface area contributed by atoms with Gasteiger partial charge >= 0.3 is 6.03 Å². The first kappa shape index (κ1) is 18.7. The zero-order valence-corrected chi connectivity index (χ0v) is 13.9. The number of piperidine rings is 1. The Labute approximate surface area is 132 Å². The van der Waals surface area contributed by atoms with Gasteiger partial charge < -0.3 is 25.0 Å². The summed E-state index contributed by atoms with van der Waals surface area (Å²) in [5, 5.41) is 5.84. The number of carbonyl (C=O) groups excluding carboxylic acids is 2. The number of nitrogens with one attached hydrogen (secondary N) is 2. The number of hydrogen-bond acceptors (Lipinski definition) is 4. The second-order valence-electron chi connectivity index (χ2n) is 5.53. The van der Waals surface area contributed by atoms with Crippen LogP contribution in [0.2, 0.25) is 0 Å². The van der Waals surface area contributed by atoms with Crippen LogP contribution in [0.1, 0.15) is 33.1 Å². The lowest BCUT2D eigenvalue weighted by Gasteiger charge is -2.42. The number of rotatable bonds is 8. The second-order valence-corrected chi connectivity index (χ2v) is 5.53. The Balaban J connectivity index is 2.57. The normalized spacial score (nSPS) is 17.1. The van der Waals surface area contributed by atoms with E-state index in [1.165, 1.54) is 0 Å². The fourth-order valence-electron chi connectivity index (χ4n) is 2.65. The molecule has 128 valence electrons. The Bertz CT molecular complexity index is 355. The Morgan fingerprint density at radius 3 is 2.45 bits per heavy atom. The molecule has 3 amide bonds. The molecular formula is C15H29N3O4. The number of carbonyl (C=O) groups is 2. The van der Waals surface area contributed by atoms with Crippen molar-refractivity contribution in [2.75, 3.05) is 46.6 Å². The summed E-state index contributed by atoms with van der Waals surface area (Å²) < 4.78 is 10.3. The Morgan fingerprint density at radius 1 is 1.23 bits per heavy atom. The summed E-state index contributed by atoms with van der Waals surface area (Å²) in [6.45, 7) is 6.85. The van der Waals surface area contributed by atoms with Crippen molar-refractivity contribution in [1.29, 1.82) is 0 Å². The van der Waals surface area contributed by atoms with Crippen molar-refractivity contribution >= 4 is 11.9 Å². The monoisotopic (exact) mass is 315 g/mol. The summed E-state index contributed by atoms with van der Waals surface area (Å²) in [6, 6.07) is -0.160. The lowest BCUT2D eigenvalue weighted by Crippen LogP contribution is -2.58. The fourth-order valence-corrected chi connectivity index (χ4v) is 2.65. The number of amides is 3. The van der Waals surface area contributed by atoms with Crippen molar-refractivity contribution in [3.05, 3.63) is 0 Å². The molecule has 1 aliphatic heterocycles. The van der Waals surface area contributed by atoms with Crippen LogP contribution in [0.25, 0.3) is 0 Å². The molecular weight excluding hydrogens is 286 g/mol. The van der Waals surface area contributed by atoms with Crippen LogP contribution in [-0.4, -0.2) is 68.9 Å². The minimum atomic E-state index is -0.308. The van der Waals surface area contributed by atoms with E-state index in [1.807, 2.05) is 13.8 Å². The van der Waals surface area contributed by atoms with Gasteiger partial charge in [-0.2, -0.15) is 0 Å². The molecule has 0 bridgehead atoms. The summed E-state index contributed by atoms with van der Waals surface area (Å²) >= 11 is 0. The molecule has 0 aromatic rings. The van der Waals surface area contributed by atoms with E-state index in [1.54, 1.807) is 12.0 Å². The van der Waals surface area contributed by atoms with Gasteiger partial charge in [-0.3, -0.25) is 4.79 Å². The Morgan fingerprint density at radius 2 is 1.91 bits per heavy atom. The van der Waals surface area contributed by atoms with E-state index < -0.39 is 0 Å². The molecule has 0 saturated carbocycles. The SMILES string of the molecule is CCNC(=O)NC1(CCOC)CCN(C(=O)COCC)CC1. The van der Waals surface area contributed by atoms with Crippen LogP contribution in [0.15, 0.2) is 0 Å². The van der Waals surface area contributed by atoms with E-state index in [0.717, 1.165) is 19.3 Å². The summed E-state index contributed by atoms with van der Waals surface area (Å²) in [7, 11) is 1.65. The highest BCUT2D eigenvalue weighted by Crippen LogP contribution is 2.26. The van der Waals surface area contributed by atoms with Crippen molar-refractivity contribution < 1.29 is 19.1 Å². The summed E-state index contributed by atoms with van der Waals surface area (Å²) in [4.78, 5) is 25.7. The highest BCUT2D eigenvalue weighted by atomic mass is 16.5. The van der Waals surface area contributed by atoms with Gasteiger partial charge in [-0.15, -0.1) is 0 Å². The molecule has 1 fully saturated rings. The van der Waals surface area contributed by atoms with Crippen molar-refractivity contribution in [2.24, 2.45) is 0 Å². The van der Waals surface area contributed by atoms with Crippen molar-refractivity contribution in [3.63, 3.8) is 0 Å². The average Bonchev–Trinajstić information content (AvgIpc) is 2.51. The third-order valence-electron chi connectivity index (χ3n) is 4.00. The van der Waals surface area contributed by atoms with E-state index in [4.69, 9.17) is 9.47 Å². The van der Waals surface area contributed by atoms with Crippen molar-refractivity contribution in [2.45, 2.75) is 38.6 Å². The van der Waals surface area contributed by atoms with Crippen LogP contribution in [0.5, 0.6) is 0 Å². The maximum absolute atomic E-state index is 12.0. The molecule has 1 saturated heterocycles. The summed E-state index contributed by atoms with van der Waals surface area (Å²) in [6.07, 6.45) is 2.20. The van der Waals surface area contributed by atoms with Gasteiger partial charge in [0, 0.05) is 45.5 Å². The minimum absolute atomic E-state index is 0.0141. The molecule has 2 N–H and O–H groups in total. The van der Waals surface area contributed by atoms with E-state index in [-0.39, 0.29) is 24.1 Å². The second kappa shape index (κ2) is 9.63. The number of methoxy groups -OCH3 is 1. The molecule has 22 heavy (non-hydrogen) atoms. The highest BCUT2D eigenvalue weighted by molar-refractivity contribution is 5.78. The maximum atomic E-state index is 12.0. The molecule has 7 heteroatoms. The highest BCUT2D eigenvalue weighted by Gasteiger charge is 2.36. The molecule has 0 radical (unpaired) electrons. The van der Waals surface area contributed by atoms with Gasteiger partial charge in [0.15, 0.2) is 0 Å². The van der Waals surface area contributed by atoms with E-state index in [0.29, 0.717) is 32.8 Å². The Kier molecular flexibility index (Phi) is 8.19. The van der Waals surface area contributed by atoms with Crippen LogP contribution in [0.4, 0.5) is 4.79 Å². The van der Waals surface area contributed by atoms with Gasteiger partial charge in [-0.05, 0) is 33.1 Å². The quantitative estimate of drug-likeness (QED) is 0.692. The standard InChI is InChI=1S/C15H29N3O4/c1-4-16-14(20)17-15(8-11-21-3)6-9-18(10-7-15)13(19)12-22-5-2/h4-12H2,1-3H3,(H2,16,17,20). The zero-order valence-electron chi connectivity index (χ0n) is 13.9. The van der Waals surface area contributed by atoms with Crippen molar-refractivity contribution in [3.8, 4) is 0 Å². The van der Waals surface area contributed by atoms with Gasteiger partial charge in [-0.1, -0.05) is 0 Å². The average molecular weight is 315 g/mol. The van der Waals surface area contributed by atoms with E-state index in [2.05, 4.69) is 10.6 Å². The fraction of sp³-hybridized carbons (Fsp3) is 0.867. The molecule has 0 atom stereocenters. The third-order valence-corrected chi connectivity index (χ3v) is 4.00. The summed E-state index contributed by atoms with van der Waals surface area (Å²) in [5.41, 5.74) is -0.308. The predicted octanol–water partition coefficient (Wildman–Crippen LogP) is 0.740. The molecule has 1 rings (SSSR count). The largest absolute Gasteiger partial charge is 0.385 e. The first-order chi connectivity index (χ1) is 10.6. The third kappa shape index (κ3) is 5.81. The molecule has 1 aliphatic rings. The zero-order chi connectivity index (χ0) is 16.4. The number of nitrogens with zero attached hydrogens (tertiary/aromatic N) is 1.